The first kappa shape index (κ1) is 22.3. The highest BCUT2D eigenvalue weighted by Gasteiger charge is 2.28. The van der Waals surface area contributed by atoms with Crippen LogP contribution in [0.1, 0.15) is 47.8 Å². The summed E-state index contributed by atoms with van der Waals surface area (Å²) >= 11 is 0. The Labute approximate surface area is 193 Å². The van der Waals surface area contributed by atoms with Crippen molar-refractivity contribution in [2.24, 2.45) is 0 Å². The molecule has 0 atom stereocenters. The van der Waals surface area contributed by atoms with Crippen LogP contribution in [-0.4, -0.2) is 58.7 Å². The average Bonchev–Trinajstić information content (AvgIpc) is 2.85. The van der Waals surface area contributed by atoms with Crippen molar-refractivity contribution in [2.45, 2.75) is 13.8 Å². The molecule has 0 spiro atoms. The lowest BCUT2D eigenvalue weighted by molar-refractivity contribution is 0.0533. The number of para-hydroxylation sites is 1. The standard InChI is InChI=1S/C27H26N2O4/c1-18-11-12-20(17-19(18)2)25(31)21-7-3-4-8-22(21)26(32)28-13-15-29(16-14-28)27(33)23-9-5-6-10-24(23)30/h3-12,17,30H,13-16H2,1-2H3. The number of hydrogen-bond acceptors (Lipinski definition) is 4. The van der Waals surface area contributed by atoms with Gasteiger partial charge in [0.2, 0.25) is 0 Å². The molecule has 168 valence electrons. The van der Waals surface area contributed by atoms with Gasteiger partial charge in [0.25, 0.3) is 11.8 Å². The molecule has 3 aromatic carbocycles. The molecule has 1 saturated heterocycles. The summed E-state index contributed by atoms with van der Waals surface area (Å²) in [6.07, 6.45) is 0. The van der Waals surface area contributed by atoms with Crippen molar-refractivity contribution in [3.8, 4) is 5.75 Å². The number of carbonyl (C=O) groups excluding carboxylic acids is 3. The molecule has 1 heterocycles. The van der Waals surface area contributed by atoms with Gasteiger partial charge in [-0.1, -0.05) is 42.5 Å². The fraction of sp³-hybridized carbons (Fsp3) is 0.222. The zero-order valence-corrected chi connectivity index (χ0v) is 18.7. The Bertz CT molecular complexity index is 1230. The highest BCUT2D eigenvalue weighted by molar-refractivity contribution is 6.15. The van der Waals surface area contributed by atoms with E-state index in [0.717, 1.165) is 11.1 Å². The maximum absolute atomic E-state index is 13.3. The molecule has 2 amide bonds. The molecule has 6 nitrogen and oxygen atoms in total. The molecule has 0 saturated carbocycles. The molecule has 6 heteroatoms. The topological polar surface area (TPSA) is 77.9 Å². The van der Waals surface area contributed by atoms with Crippen LogP contribution in [0.15, 0.2) is 66.7 Å². The second-order valence-corrected chi connectivity index (χ2v) is 8.28. The number of phenolic OH excluding ortho intramolecular Hbond substituents is 1. The normalized spacial score (nSPS) is 13.6. The van der Waals surface area contributed by atoms with Crippen molar-refractivity contribution < 1.29 is 19.5 Å². The van der Waals surface area contributed by atoms with Crippen LogP contribution >= 0.6 is 0 Å². The van der Waals surface area contributed by atoms with Gasteiger partial charge >= 0.3 is 0 Å². The molecule has 0 bridgehead atoms. The van der Waals surface area contributed by atoms with E-state index < -0.39 is 0 Å². The zero-order chi connectivity index (χ0) is 23.5. The van der Waals surface area contributed by atoms with Gasteiger partial charge in [-0.3, -0.25) is 14.4 Å². The number of nitrogens with zero attached hydrogens (tertiary/aromatic N) is 2. The van der Waals surface area contributed by atoms with E-state index in [2.05, 4.69) is 0 Å². The molecule has 1 aliphatic heterocycles. The third-order valence-corrected chi connectivity index (χ3v) is 6.16. The van der Waals surface area contributed by atoms with E-state index in [1.165, 1.54) is 6.07 Å². The predicted molar refractivity (Wildman–Crippen MR) is 126 cm³/mol. The lowest BCUT2D eigenvalue weighted by atomic mass is 9.95. The molecule has 0 unspecified atom stereocenters. The van der Waals surface area contributed by atoms with Crippen molar-refractivity contribution >= 4 is 17.6 Å². The Morgan fingerprint density at radius 2 is 1.18 bits per heavy atom. The fourth-order valence-corrected chi connectivity index (χ4v) is 4.01. The van der Waals surface area contributed by atoms with Crippen LogP contribution in [-0.2, 0) is 0 Å². The summed E-state index contributed by atoms with van der Waals surface area (Å²) in [7, 11) is 0. The van der Waals surface area contributed by atoms with Gasteiger partial charge < -0.3 is 14.9 Å². The SMILES string of the molecule is Cc1ccc(C(=O)c2ccccc2C(=O)N2CCN(C(=O)c3ccccc3O)CC2)cc1C. The van der Waals surface area contributed by atoms with Gasteiger partial charge in [-0.05, 0) is 49.2 Å². The molecule has 0 radical (unpaired) electrons. The third kappa shape index (κ3) is 4.51. The number of ketones is 1. The van der Waals surface area contributed by atoms with Gasteiger partial charge in [-0.25, -0.2) is 0 Å². The molecule has 4 rings (SSSR count). The number of carbonyl (C=O) groups is 3. The number of phenols is 1. The minimum atomic E-state index is -0.259. The summed E-state index contributed by atoms with van der Waals surface area (Å²) in [5, 5.41) is 9.97. The average molecular weight is 443 g/mol. The highest BCUT2D eigenvalue weighted by Crippen LogP contribution is 2.21. The zero-order valence-electron chi connectivity index (χ0n) is 18.7. The molecule has 1 fully saturated rings. The fourth-order valence-electron chi connectivity index (χ4n) is 4.01. The van der Waals surface area contributed by atoms with E-state index >= 15 is 0 Å². The predicted octanol–water partition coefficient (Wildman–Crippen LogP) is 3.84. The molecule has 0 aliphatic carbocycles. The first-order valence-corrected chi connectivity index (χ1v) is 10.9. The van der Waals surface area contributed by atoms with Crippen molar-refractivity contribution in [2.75, 3.05) is 26.2 Å². The minimum absolute atomic E-state index is 0.0558. The summed E-state index contributed by atoms with van der Waals surface area (Å²) in [6.45, 7) is 5.36. The van der Waals surface area contributed by atoms with E-state index in [-0.39, 0.29) is 28.9 Å². The Morgan fingerprint density at radius 3 is 1.76 bits per heavy atom. The van der Waals surface area contributed by atoms with Gasteiger partial charge in [0, 0.05) is 37.3 Å². The maximum Gasteiger partial charge on any atom is 0.257 e. The smallest absolute Gasteiger partial charge is 0.257 e. The molecular weight excluding hydrogens is 416 g/mol. The number of piperazine rings is 1. The molecular formula is C27H26N2O4. The second kappa shape index (κ2) is 9.28. The molecule has 1 aliphatic rings. The van der Waals surface area contributed by atoms with Gasteiger partial charge in [0.05, 0.1) is 11.1 Å². The summed E-state index contributed by atoms with van der Waals surface area (Å²) in [4.78, 5) is 42.5. The monoisotopic (exact) mass is 442 g/mol. The van der Waals surface area contributed by atoms with E-state index in [9.17, 15) is 19.5 Å². The summed E-state index contributed by atoms with van der Waals surface area (Å²) in [5.41, 5.74) is 3.67. The molecule has 0 aromatic heterocycles. The van der Waals surface area contributed by atoms with Gasteiger partial charge in [-0.15, -0.1) is 0 Å². The molecule has 33 heavy (non-hydrogen) atoms. The lowest BCUT2D eigenvalue weighted by Crippen LogP contribution is -2.50. The second-order valence-electron chi connectivity index (χ2n) is 8.28. The van der Waals surface area contributed by atoms with Crippen LogP contribution in [0.4, 0.5) is 0 Å². The number of hydrogen-bond donors (Lipinski definition) is 1. The van der Waals surface area contributed by atoms with E-state index in [4.69, 9.17) is 0 Å². The van der Waals surface area contributed by atoms with Gasteiger partial charge in [0.15, 0.2) is 5.78 Å². The largest absolute Gasteiger partial charge is 0.507 e. The van der Waals surface area contributed by atoms with Crippen LogP contribution in [0, 0.1) is 13.8 Å². The van der Waals surface area contributed by atoms with E-state index in [1.807, 2.05) is 26.0 Å². The van der Waals surface area contributed by atoms with E-state index in [1.54, 1.807) is 58.3 Å². The van der Waals surface area contributed by atoms with Gasteiger partial charge in [-0.2, -0.15) is 0 Å². The Hall–Kier alpha value is -3.93. The van der Waals surface area contributed by atoms with Crippen LogP contribution in [0.25, 0.3) is 0 Å². The van der Waals surface area contributed by atoms with Crippen LogP contribution in [0.2, 0.25) is 0 Å². The molecule has 1 N–H and O–H groups in total. The number of amides is 2. The Morgan fingerprint density at radius 1 is 0.667 bits per heavy atom. The van der Waals surface area contributed by atoms with Crippen LogP contribution < -0.4 is 0 Å². The lowest BCUT2D eigenvalue weighted by Gasteiger charge is -2.35. The maximum atomic E-state index is 13.3. The first-order chi connectivity index (χ1) is 15.9. The summed E-state index contributed by atoms with van der Waals surface area (Å²) < 4.78 is 0. The highest BCUT2D eigenvalue weighted by atomic mass is 16.3. The van der Waals surface area contributed by atoms with Crippen LogP contribution in [0.3, 0.4) is 0 Å². The minimum Gasteiger partial charge on any atom is -0.507 e. The quantitative estimate of drug-likeness (QED) is 0.623. The number of benzene rings is 3. The van der Waals surface area contributed by atoms with Crippen molar-refractivity contribution in [3.05, 3.63) is 100 Å². The van der Waals surface area contributed by atoms with Crippen molar-refractivity contribution in [1.82, 2.24) is 9.80 Å². The van der Waals surface area contributed by atoms with Crippen molar-refractivity contribution in [3.63, 3.8) is 0 Å². The van der Waals surface area contributed by atoms with E-state index in [0.29, 0.717) is 42.9 Å². The number of rotatable bonds is 4. The first-order valence-electron chi connectivity index (χ1n) is 10.9. The summed E-state index contributed by atoms with van der Waals surface area (Å²) in [6, 6.07) is 18.9. The van der Waals surface area contributed by atoms with Crippen LogP contribution in [0.5, 0.6) is 5.75 Å². The Balaban J connectivity index is 1.50. The third-order valence-electron chi connectivity index (χ3n) is 6.16. The number of aromatic hydroxyl groups is 1. The Kier molecular flexibility index (Phi) is 6.27. The van der Waals surface area contributed by atoms with Gasteiger partial charge in [0.1, 0.15) is 5.75 Å². The van der Waals surface area contributed by atoms with Crippen molar-refractivity contribution in [1.29, 1.82) is 0 Å². The summed E-state index contributed by atoms with van der Waals surface area (Å²) in [5.74, 6) is -0.724. The molecule has 3 aromatic rings. The number of aryl methyl sites for hydroxylation is 2.